The lowest BCUT2D eigenvalue weighted by Gasteiger charge is -2.34. The first-order valence-corrected chi connectivity index (χ1v) is 17.0. The van der Waals surface area contributed by atoms with Gasteiger partial charge in [0.25, 0.3) is 0 Å². The molecule has 43 heavy (non-hydrogen) atoms. The van der Waals surface area contributed by atoms with E-state index in [1.165, 1.54) is 0 Å². The van der Waals surface area contributed by atoms with Crippen molar-refractivity contribution in [3.8, 4) is 0 Å². The molecule has 1 aliphatic heterocycles. The van der Waals surface area contributed by atoms with Crippen LogP contribution in [-0.2, 0) is 4.74 Å². The molecule has 0 unspecified atom stereocenters. The largest absolute Gasteiger partial charge is 0.444 e. The Bertz CT molecular complexity index is 1690. The Hall–Kier alpha value is -3.81. The van der Waals surface area contributed by atoms with Gasteiger partial charge in [-0.25, -0.2) is 24.2 Å². The summed E-state index contributed by atoms with van der Waals surface area (Å²) < 4.78 is 13.8. The van der Waals surface area contributed by atoms with Crippen molar-refractivity contribution >= 4 is 61.8 Å². The standard InChI is InChI=1S/C33H34BrN6O2P/c1-33(2,3)42-32(41)39-21-13-14-24(22-39)40-31-28(29(34)37-40)30(35-23-36-31)38-43(25-15-7-4-8-16-25,26-17-9-5-10-18-26)27-19-11-6-12-20-27/h4-12,15-20,23-24H,13-14,21-22H2,1-3H3/t24-/m1/s1. The van der Waals surface area contributed by atoms with E-state index in [0.717, 1.165) is 34.1 Å². The minimum absolute atomic E-state index is 0.0604. The molecule has 3 aromatic carbocycles. The first kappa shape index (κ1) is 29.3. The van der Waals surface area contributed by atoms with Crippen LogP contribution in [0.2, 0.25) is 0 Å². The van der Waals surface area contributed by atoms with Crippen molar-refractivity contribution in [3.05, 3.63) is 102 Å². The summed E-state index contributed by atoms with van der Waals surface area (Å²) in [6.07, 6.45) is 2.97. The van der Waals surface area contributed by atoms with Crippen LogP contribution in [0.25, 0.3) is 11.0 Å². The van der Waals surface area contributed by atoms with Gasteiger partial charge in [0.2, 0.25) is 0 Å². The van der Waals surface area contributed by atoms with Gasteiger partial charge in [0.05, 0.1) is 18.5 Å². The van der Waals surface area contributed by atoms with Crippen molar-refractivity contribution in [1.82, 2.24) is 24.6 Å². The van der Waals surface area contributed by atoms with Gasteiger partial charge in [0.15, 0.2) is 11.5 Å². The van der Waals surface area contributed by atoms with E-state index in [9.17, 15) is 4.79 Å². The minimum atomic E-state index is -2.56. The molecule has 8 nitrogen and oxygen atoms in total. The SMILES string of the molecule is CC(C)(C)OC(=O)N1CCC[C@@H](n2nc(Br)c3c(N=P(c4ccccc4)(c4ccccc4)c4ccccc4)ncnc32)C1. The summed E-state index contributed by atoms with van der Waals surface area (Å²) in [5, 5.41) is 9.03. The van der Waals surface area contributed by atoms with E-state index in [4.69, 9.17) is 24.5 Å². The Morgan fingerprint density at radius 2 is 1.47 bits per heavy atom. The third-order valence-electron chi connectivity index (χ3n) is 7.45. The molecule has 1 atom stereocenters. The third kappa shape index (κ3) is 5.89. The number of carbonyl (C=O) groups is 1. The van der Waals surface area contributed by atoms with Gasteiger partial charge in [-0.15, -0.1) is 0 Å². The lowest BCUT2D eigenvalue weighted by atomic mass is 10.1. The molecule has 2 aromatic heterocycles. The summed E-state index contributed by atoms with van der Waals surface area (Å²) >= 11 is 3.73. The van der Waals surface area contributed by atoms with Crippen molar-refractivity contribution in [1.29, 1.82) is 0 Å². The van der Waals surface area contributed by atoms with Gasteiger partial charge in [0, 0.05) is 29.0 Å². The number of aromatic nitrogens is 4. The van der Waals surface area contributed by atoms with E-state index in [1.807, 2.05) is 43.7 Å². The Balaban J connectivity index is 1.53. The number of rotatable bonds is 5. The van der Waals surface area contributed by atoms with Crippen LogP contribution < -0.4 is 15.9 Å². The van der Waals surface area contributed by atoms with Crippen molar-refractivity contribution in [3.63, 3.8) is 0 Å². The predicted octanol–water partition coefficient (Wildman–Crippen LogP) is 6.97. The highest BCUT2D eigenvalue weighted by Crippen LogP contribution is 2.50. The Morgan fingerprint density at radius 3 is 2.00 bits per heavy atom. The van der Waals surface area contributed by atoms with Crippen molar-refractivity contribution < 1.29 is 9.53 Å². The van der Waals surface area contributed by atoms with Crippen molar-refractivity contribution in [2.45, 2.75) is 45.3 Å². The number of nitrogens with zero attached hydrogens (tertiary/aromatic N) is 6. The van der Waals surface area contributed by atoms with Gasteiger partial charge in [-0.2, -0.15) is 5.10 Å². The molecule has 1 aliphatic rings. The molecule has 220 valence electrons. The van der Waals surface area contributed by atoms with E-state index in [0.29, 0.717) is 29.2 Å². The summed E-state index contributed by atoms with van der Waals surface area (Å²) in [5.74, 6) is 0.577. The Morgan fingerprint density at radius 1 is 0.907 bits per heavy atom. The number of piperidine rings is 1. The zero-order valence-electron chi connectivity index (χ0n) is 24.5. The molecule has 0 radical (unpaired) electrons. The predicted molar refractivity (Wildman–Crippen MR) is 176 cm³/mol. The van der Waals surface area contributed by atoms with Gasteiger partial charge in [-0.1, -0.05) is 91.0 Å². The fourth-order valence-corrected chi connectivity index (χ4v) is 9.60. The zero-order chi connectivity index (χ0) is 30.0. The number of hydrogen-bond donors (Lipinski definition) is 0. The van der Waals surface area contributed by atoms with Crippen molar-refractivity contribution in [2.75, 3.05) is 13.1 Å². The van der Waals surface area contributed by atoms with Crippen LogP contribution in [0, 0.1) is 0 Å². The summed E-state index contributed by atoms with van der Waals surface area (Å²) in [6, 6.07) is 31.3. The minimum Gasteiger partial charge on any atom is -0.444 e. The second-order valence-electron chi connectivity index (χ2n) is 11.6. The van der Waals surface area contributed by atoms with Crippen LogP contribution in [-0.4, -0.2) is 49.4 Å². The summed E-state index contributed by atoms with van der Waals surface area (Å²) in [5.41, 5.74) is 0.130. The summed E-state index contributed by atoms with van der Waals surface area (Å²) in [6.45, 7) is 6.80. The van der Waals surface area contributed by atoms with E-state index >= 15 is 0 Å². The zero-order valence-corrected chi connectivity index (χ0v) is 26.9. The van der Waals surface area contributed by atoms with E-state index in [1.54, 1.807) is 11.2 Å². The maximum atomic E-state index is 12.9. The maximum Gasteiger partial charge on any atom is 0.410 e. The van der Waals surface area contributed by atoms with Crippen LogP contribution in [0.4, 0.5) is 10.6 Å². The molecule has 1 amide bonds. The normalized spacial score (nSPS) is 15.8. The number of fused-ring (bicyclic) bond motifs is 1. The van der Waals surface area contributed by atoms with E-state index < -0.39 is 12.7 Å². The van der Waals surface area contributed by atoms with Gasteiger partial charge in [-0.05, 0) is 49.5 Å². The summed E-state index contributed by atoms with van der Waals surface area (Å²) in [4.78, 5) is 24.1. The van der Waals surface area contributed by atoms with Gasteiger partial charge >= 0.3 is 6.09 Å². The van der Waals surface area contributed by atoms with Crippen LogP contribution in [0.1, 0.15) is 39.7 Å². The smallest absolute Gasteiger partial charge is 0.410 e. The summed E-state index contributed by atoms with van der Waals surface area (Å²) in [7, 11) is -2.56. The number of likely N-dealkylation sites (tertiary alicyclic amines) is 1. The first-order valence-electron chi connectivity index (χ1n) is 14.4. The molecule has 0 aliphatic carbocycles. The average Bonchev–Trinajstić information content (AvgIpc) is 3.37. The topological polar surface area (TPSA) is 85.5 Å². The molecule has 0 saturated carbocycles. The molecule has 10 heteroatoms. The molecule has 0 spiro atoms. The van der Waals surface area contributed by atoms with Gasteiger partial charge < -0.3 is 9.64 Å². The molecular formula is C33H34BrN6O2P. The molecule has 0 N–H and O–H groups in total. The molecular weight excluding hydrogens is 623 g/mol. The first-order chi connectivity index (χ1) is 20.8. The fourth-order valence-electron chi connectivity index (χ4n) is 5.59. The molecule has 0 bridgehead atoms. The van der Waals surface area contributed by atoms with Crippen LogP contribution in [0.3, 0.4) is 0 Å². The van der Waals surface area contributed by atoms with E-state index in [2.05, 4.69) is 88.7 Å². The molecule has 3 heterocycles. The number of carbonyl (C=O) groups excluding carboxylic acids is 1. The highest BCUT2D eigenvalue weighted by atomic mass is 79.9. The van der Waals surface area contributed by atoms with E-state index in [-0.39, 0.29) is 12.1 Å². The highest BCUT2D eigenvalue weighted by molar-refractivity contribution is 9.10. The lowest BCUT2D eigenvalue weighted by Crippen LogP contribution is -2.43. The Kier molecular flexibility index (Phi) is 8.21. The third-order valence-corrected chi connectivity index (χ3v) is 11.6. The number of hydrogen-bond acceptors (Lipinski definition) is 6. The number of ether oxygens (including phenoxy) is 1. The second kappa shape index (κ2) is 12.1. The van der Waals surface area contributed by atoms with Crippen molar-refractivity contribution in [2.24, 2.45) is 4.74 Å². The Labute approximate surface area is 260 Å². The van der Waals surface area contributed by atoms with Crippen LogP contribution in [0.5, 0.6) is 0 Å². The molecule has 1 fully saturated rings. The number of benzene rings is 3. The quantitative estimate of drug-likeness (QED) is 0.191. The maximum absolute atomic E-state index is 12.9. The lowest BCUT2D eigenvalue weighted by molar-refractivity contribution is 0.0169. The average molecular weight is 658 g/mol. The highest BCUT2D eigenvalue weighted by Gasteiger charge is 2.32. The molecule has 6 rings (SSSR count). The monoisotopic (exact) mass is 656 g/mol. The van der Waals surface area contributed by atoms with Crippen LogP contribution in [0.15, 0.2) is 107 Å². The van der Waals surface area contributed by atoms with Gasteiger partial charge in [-0.3, -0.25) is 0 Å². The molecule has 5 aromatic rings. The second-order valence-corrected chi connectivity index (χ2v) is 15.4. The number of halogens is 1. The molecule has 1 saturated heterocycles. The number of amides is 1. The van der Waals surface area contributed by atoms with Crippen LogP contribution >= 0.6 is 23.0 Å². The fraction of sp³-hybridized carbons (Fsp3) is 0.273. The van der Waals surface area contributed by atoms with Gasteiger partial charge in [0.1, 0.15) is 16.5 Å².